The summed E-state index contributed by atoms with van der Waals surface area (Å²) in [4.78, 5) is 13.9. The van der Waals surface area contributed by atoms with Gasteiger partial charge < -0.3 is 5.73 Å². The molecule has 0 spiro atoms. The lowest BCUT2D eigenvalue weighted by Gasteiger charge is -2.29. The van der Waals surface area contributed by atoms with Gasteiger partial charge in [-0.2, -0.15) is 0 Å². The normalized spacial score (nSPS) is 24.7. The van der Waals surface area contributed by atoms with Gasteiger partial charge in [-0.3, -0.25) is 9.69 Å². The second kappa shape index (κ2) is 5.61. The van der Waals surface area contributed by atoms with E-state index >= 15 is 0 Å². The van der Waals surface area contributed by atoms with Gasteiger partial charge >= 0.3 is 0 Å². The molecule has 1 fully saturated rings. The van der Waals surface area contributed by atoms with Crippen LogP contribution in [0.2, 0.25) is 0 Å². The molecular formula is C12H24N2O. The fourth-order valence-corrected chi connectivity index (χ4v) is 2.48. The van der Waals surface area contributed by atoms with E-state index in [4.69, 9.17) is 5.73 Å². The Morgan fingerprint density at radius 2 is 2.20 bits per heavy atom. The van der Waals surface area contributed by atoms with Crippen molar-refractivity contribution in [2.75, 3.05) is 6.54 Å². The van der Waals surface area contributed by atoms with E-state index in [0.717, 1.165) is 13.0 Å². The number of carbonyl (C=O) groups excluding carboxylic acids is 1. The van der Waals surface area contributed by atoms with Crippen molar-refractivity contribution in [2.24, 2.45) is 5.73 Å². The lowest BCUT2D eigenvalue weighted by molar-refractivity contribution is -0.120. The Morgan fingerprint density at radius 3 is 2.73 bits per heavy atom. The number of hydrogen-bond donors (Lipinski definition) is 1. The van der Waals surface area contributed by atoms with Crippen LogP contribution in [0.1, 0.15) is 46.5 Å². The van der Waals surface area contributed by atoms with Gasteiger partial charge in [0, 0.05) is 18.5 Å². The number of ketones is 1. The van der Waals surface area contributed by atoms with Crippen molar-refractivity contribution in [3.63, 3.8) is 0 Å². The summed E-state index contributed by atoms with van der Waals surface area (Å²) in [6, 6.07) is 0.844. The smallest absolute Gasteiger partial charge is 0.149 e. The van der Waals surface area contributed by atoms with Gasteiger partial charge in [0.1, 0.15) is 5.78 Å². The van der Waals surface area contributed by atoms with Crippen LogP contribution in [0.25, 0.3) is 0 Å². The molecule has 0 bridgehead atoms. The standard InChI is InChI=1S/C12H24N2O/c1-4-12(15)11(13)8-10-6-5-7-14(10)9(2)3/h9-11H,4-8,13H2,1-3H3/t10-,11-/m0/s1. The zero-order valence-corrected chi connectivity index (χ0v) is 10.2. The average molecular weight is 212 g/mol. The predicted octanol–water partition coefficient (Wildman–Crippen LogP) is 1.56. The number of rotatable bonds is 5. The lowest BCUT2D eigenvalue weighted by atomic mass is 10.0. The first-order valence-electron chi connectivity index (χ1n) is 6.10. The quantitative estimate of drug-likeness (QED) is 0.752. The van der Waals surface area contributed by atoms with E-state index in [1.54, 1.807) is 0 Å². The fourth-order valence-electron chi connectivity index (χ4n) is 2.48. The van der Waals surface area contributed by atoms with Crippen molar-refractivity contribution in [1.29, 1.82) is 0 Å². The molecule has 88 valence electrons. The number of carbonyl (C=O) groups is 1. The second-order valence-corrected chi connectivity index (χ2v) is 4.79. The van der Waals surface area contributed by atoms with Gasteiger partial charge in [-0.15, -0.1) is 0 Å². The van der Waals surface area contributed by atoms with Gasteiger partial charge in [-0.05, 0) is 39.7 Å². The molecule has 1 saturated heterocycles. The van der Waals surface area contributed by atoms with Crippen LogP contribution in [0, 0.1) is 0 Å². The Balaban J connectivity index is 2.46. The molecule has 15 heavy (non-hydrogen) atoms. The number of hydrogen-bond acceptors (Lipinski definition) is 3. The minimum absolute atomic E-state index is 0.200. The zero-order chi connectivity index (χ0) is 11.4. The van der Waals surface area contributed by atoms with Crippen molar-refractivity contribution in [3.05, 3.63) is 0 Å². The summed E-state index contributed by atoms with van der Waals surface area (Å²) >= 11 is 0. The predicted molar refractivity (Wildman–Crippen MR) is 62.8 cm³/mol. The van der Waals surface area contributed by atoms with Crippen LogP contribution in [0.15, 0.2) is 0 Å². The van der Waals surface area contributed by atoms with Crippen LogP contribution in [-0.4, -0.2) is 35.4 Å². The Kier molecular flexibility index (Phi) is 4.74. The number of nitrogens with two attached hydrogens (primary N) is 1. The van der Waals surface area contributed by atoms with Crippen LogP contribution in [-0.2, 0) is 4.79 Å². The summed E-state index contributed by atoms with van der Waals surface area (Å²) < 4.78 is 0. The van der Waals surface area contributed by atoms with Gasteiger partial charge in [0.25, 0.3) is 0 Å². The molecule has 0 saturated carbocycles. The van der Waals surface area contributed by atoms with Crippen LogP contribution in [0.5, 0.6) is 0 Å². The Bertz CT molecular complexity index is 216. The summed E-state index contributed by atoms with van der Waals surface area (Å²) in [6.07, 6.45) is 3.85. The molecule has 3 heteroatoms. The van der Waals surface area contributed by atoms with Crippen LogP contribution in [0.3, 0.4) is 0 Å². The molecule has 3 nitrogen and oxygen atoms in total. The molecule has 0 amide bonds. The third-order valence-electron chi connectivity index (χ3n) is 3.37. The fraction of sp³-hybridized carbons (Fsp3) is 0.917. The highest BCUT2D eigenvalue weighted by Crippen LogP contribution is 2.23. The zero-order valence-electron chi connectivity index (χ0n) is 10.2. The average Bonchev–Trinajstić information content (AvgIpc) is 2.64. The molecule has 0 aromatic heterocycles. The Labute approximate surface area is 93.0 Å². The Morgan fingerprint density at radius 1 is 1.53 bits per heavy atom. The summed E-state index contributed by atoms with van der Waals surface area (Å²) in [6.45, 7) is 7.48. The summed E-state index contributed by atoms with van der Waals surface area (Å²) in [5.74, 6) is 0.200. The maximum Gasteiger partial charge on any atom is 0.149 e. The molecule has 0 unspecified atom stereocenters. The monoisotopic (exact) mass is 212 g/mol. The van der Waals surface area contributed by atoms with E-state index in [2.05, 4.69) is 18.7 Å². The van der Waals surface area contributed by atoms with Crippen molar-refractivity contribution >= 4 is 5.78 Å². The van der Waals surface area contributed by atoms with E-state index in [1.807, 2.05) is 6.92 Å². The highest BCUT2D eigenvalue weighted by atomic mass is 16.1. The maximum atomic E-state index is 11.4. The third kappa shape index (κ3) is 3.28. The Hall–Kier alpha value is -0.410. The van der Waals surface area contributed by atoms with Crippen LogP contribution < -0.4 is 5.73 Å². The topological polar surface area (TPSA) is 46.3 Å². The summed E-state index contributed by atoms with van der Waals surface area (Å²) in [5.41, 5.74) is 5.89. The number of Topliss-reactive ketones (excluding diaryl/α,β-unsaturated/α-hetero) is 1. The van der Waals surface area contributed by atoms with Crippen molar-refractivity contribution in [1.82, 2.24) is 4.90 Å². The van der Waals surface area contributed by atoms with Gasteiger partial charge in [-0.1, -0.05) is 6.92 Å². The minimum Gasteiger partial charge on any atom is -0.321 e. The molecule has 0 aromatic rings. The van der Waals surface area contributed by atoms with E-state index in [-0.39, 0.29) is 11.8 Å². The van der Waals surface area contributed by atoms with Gasteiger partial charge in [-0.25, -0.2) is 0 Å². The summed E-state index contributed by atoms with van der Waals surface area (Å²) in [7, 11) is 0. The minimum atomic E-state index is -0.251. The first-order valence-corrected chi connectivity index (χ1v) is 6.10. The van der Waals surface area contributed by atoms with Crippen LogP contribution >= 0.6 is 0 Å². The number of likely N-dealkylation sites (tertiary alicyclic amines) is 1. The molecule has 1 heterocycles. The van der Waals surface area contributed by atoms with E-state index in [1.165, 1.54) is 12.8 Å². The third-order valence-corrected chi connectivity index (χ3v) is 3.37. The SMILES string of the molecule is CCC(=O)[C@@H](N)C[C@@H]1CCCN1C(C)C. The lowest BCUT2D eigenvalue weighted by Crippen LogP contribution is -2.41. The highest BCUT2D eigenvalue weighted by Gasteiger charge is 2.29. The maximum absolute atomic E-state index is 11.4. The highest BCUT2D eigenvalue weighted by molar-refractivity contribution is 5.83. The van der Waals surface area contributed by atoms with Gasteiger partial charge in [0.2, 0.25) is 0 Å². The van der Waals surface area contributed by atoms with Crippen molar-refractivity contribution in [2.45, 2.75) is 64.6 Å². The molecule has 0 aromatic carbocycles. The molecular weight excluding hydrogens is 188 g/mol. The van der Waals surface area contributed by atoms with E-state index in [0.29, 0.717) is 18.5 Å². The van der Waals surface area contributed by atoms with Crippen molar-refractivity contribution < 1.29 is 4.79 Å². The van der Waals surface area contributed by atoms with Crippen LogP contribution in [0.4, 0.5) is 0 Å². The summed E-state index contributed by atoms with van der Waals surface area (Å²) in [5, 5.41) is 0. The number of nitrogens with zero attached hydrogens (tertiary/aromatic N) is 1. The molecule has 2 atom stereocenters. The second-order valence-electron chi connectivity index (χ2n) is 4.79. The molecule has 0 aliphatic carbocycles. The van der Waals surface area contributed by atoms with Gasteiger partial charge in [0.15, 0.2) is 0 Å². The molecule has 1 aliphatic rings. The first-order chi connectivity index (χ1) is 7.06. The van der Waals surface area contributed by atoms with E-state index in [9.17, 15) is 4.79 Å². The largest absolute Gasteiger partial charge is 0.321 e. The molecule has 1 aliphatic heterocycles. The van der Waals surface area contributed by atoms with Gasteiger partial charge in [0.05, 0.1) is 6.04 Å². The van der Waals surface area contributed by atoms with Crippen molar-refractivity contribution in [3.8, 4) is 0 Å². The van der Waals surface area contributed by atoms with E-state index < -0.39 is 0 Å². The molecule has 0 radical (unpaired) electrons. The molecule has 2 N–H and O–H groups in total. The molecule has 1 rings (SSSR count). The first kappa shape index (κ1) is 12.7.